The van der Waals surface area contributed by atoms with E-state index in [4.69, 9.17) is 0 Å². The van der Waals surface area contributed by atoms with Gasteiger partial charge >= 0.3 is 0 Å². The molecule has 0 aromatic heterocycles. The average Bonchev–Trinajstić information content (AvgIpc) is 1.79. The predicted molar refractivity (Wildman–Crippen MR) is 27.0 cm³/mol. The Morgan fingerprint density at radius 2 is 1.10 bits per heavy atom. The van der Waals surface area contributed by atoms with Crippen LogP contribution in [-0.4, -0.2) is 23.8 Å². The Bertz CT molecular complexity index is 91.4. The van der Waals surface area contributed by atoms with E-state index in [-0.39, 0.29) is 0 Å². The molecule has 0 amide bonds. The summed E-state index contributed by atoms with van der Waals surface area (Å²) < 4.78 is 44.6. The summed E-state index contributed by atoms with van der Waals surface area (Å²) in [7, 11) is 0. The number of rotatable bonds is 4. The van der Waals surface area contributed by atoms with Gasteiger partial charge in [-0.05, 0) is 0 Å². The maximum absolute atomic E-state index is 11.1. The lowest BCUT2D eigenvalue weighted by molar-refractivity contribution is -0.146. The van der Waals surface area contributed by atoms with Crippen molar-refractivity contribution in [2.24, 2.45) is 0 Å². The zero-order valence-corrected chi connectivity index (χ0v) is 4.98. The Morgan fingerprint density at radius 1 is 0.800 bits per heavy atom. The van der Waals surface area contributed by atoms with Crippen molar-refractivity contribution in [3.05, 3.63) is 12.2 Å². The molecule has 0 N–H and O–H groups in total. The molecule has 0 saturated carbocycles. The molecule has 0 aromatic carbocycles. The average molecular weight is 158 g/mol. The molecule has 0 aliphatic rings. The van der Waals surface area contributed by atoms with E-state index < -0.39 is 23.8 Å². The number of nitrogens with zero attached hydrogens (tertiary/aromatic N) is 2. The molecule has 0 unspecified atom stereocenters. The van der Waals surface area contributed by atoms with Crippen LogP contribution in [0.4, 0.5) is 17.9 Å². The molecule has 0 spiro atoms. The van der Waals surface area contributed by atoms with E-state index >= 15 is 0 Å². The van der Waals surface area contributed by atoms with Crippen molar-refractivity contribution in [1.82, 2.24) is 10.7 Å². The molecule has 6 heteroatoms. The van der Waals surface area contributed by atoms with Gasteiger partial charge in [-0.2, -0.15) is 0 Å². The van der Waals surface area contributed by atoms with Crippen LogP contribution in [0.5, 0.6) is 0 Å². The van der Waals surface area contributed by atoms with Crippen molar-refractivity contribution in [1.29, 1.82) is 0 Å². The van der Waals surface area contributed by atoms with E-state index in [2.05, 4.69) is 0 Å². The molecular weight excluding hydrogens is 152 g/mol. The molecule has 0 aliphatic heterocycles. The van der Waals surface area contributed by atoms with E-state index in [1.807, 2.05) is 0 Å². The first-order chi connectivity index (χ1) is 4.63. The second-order valence-electron chi connectivity index (χ2n) is 1.44. The Kier molecular flexibility index (Phi) is 4.87. The number of hydrogen-bond acceptors (Lipinski definition) is 2. The van der Waals surface area contributed by atoms with E-state index in [0.29, 0.717) is 0 Å². The van der Waals surface area contributed by atoms with Crippen LogP contribution >= 0.6 is 0 Å². The quantitative estimate of drug-likeness (QED) is 0.349. The van der Waals surface area contributed by atoms with Gasteiger partial charge in [0.15, 0.2) is 0 Å². The number of hydrogen-bond donors (Lipinski definition) is 0. The second kappa shape index (κ2) is 5.19. The Balaban J connectivity index is 3.20. The minimum atomic E-state index is -1.10. The van der Waals surface area contributed by atoms with Crippen LogP contribution in [0, 0.1) is 0 Å². The van der Waals surface area contributed by atoms with Gasteiger partial charge in [-0.1, -0.05) is 12.2 Å². The van der Waals surface area contributed by atoms with Gasteiger partial charge in [0.25, 0.3) is 0 Å². The summed E-state index contributed by atoms with van der Waals surface area (Å²) >= 11 is 0. The van der Waals surface area contributed by atoms with Crippen molar-refractivity contribution < 1.29 is 17.9 Å². The van der Waals surface area contributed by atoms with Gasteiger partial charge in [-0.25, -0.2) is 0 Å². The lowest BCUT2D eigenvalue weighted by atomic mass is 10.5. The van der Waals surface area contributed by atoms with Crippen LogP contribution in [0.2, 0.25) is 0 Å². The van der Waals surface area contributed by atoms with E-state index in [1.165, 1.54) is 0 Å². The molecular formula is C4H6F4N2. The topological polar surface area (TPSA) is 6.48 Å². The Morgan fingerprint density at radius 3 is 1.30 bits per heavy atom. The summed E-state index contributed by atoms with van der Waals surface area (Å²) in [5.74, 6) is 0. The molecule has 0 saturated heterocycles. The third kappa shape index (κ3) is 7.38. The van der Waals surface area contributed by atoms with Gasteiger partial charge in [-0.3, -0.25) is 0 Å². The highest BCUT2D eigenvalue weighted by Crippen LogP contribution is 1.91. The molecule has 0 atom stereocenters. The molecule has 0 aliphatic carbocycles. The Labute approximate surface area is 55.1 Å². The van der Waals surface area contributed by atoms with Gasteiger partial charge in [0.2, 0.25) is 0 Å². The first kappa shape index (κ1) is 9.38. The third-order valence-corrected chi connectivity index (χ3v) is 0.654. The normalized spacial score (nSPS) is 12.2. The molecule has 0 heterocycles. The van der Waals surface area contributed by atoms with Crippen LogP contribution in [0.3, 0.4) is 0 Å². The molecule has 0 bridgehead atoms. The highest BCUT2D eigenvalue weighted by atomic mass is 19.4. The smallest absolute Gasteiger partial charge is 0.0801 e. The van der Waals surface area contributed by atoms with E-state index in [0.717, 1.165) is 12.2 Å². The third-order valence-electron chi connectivity index (χ3n) is 0.654. The monoisotopic (exact) mass is 158 g/mol. The maximum Gasteiger partial charge on any atom is 0.0801 e. The predicted octanol–water partition coefficient (Wildman–Crippen LogP) is 1.68. The van der Waals surface area contributed by atoms with Gasteiger partial charge in [0.05, 0.1) is 13.1 Å². The van der Waals surface area contributed by atoms with Gasteiger partial charge in [-0.15, -0.1) is 17.9 Å². The van der Waals surface area contributed by atoms with Crippen LogP contribution in [0.1, 0.15) is 0 Å². The van der Waals surface area contributed by atoms with Crippen molar-refractivity contribution in [2.45, 2.75) is 0 Å². The minimum Gasteiger partial charge on any atom is -0.101 e. The summed E-state index contributed by atoms with van der Waals surface area (Å²) in [6.07, 6.45) is 1.90. The van der Waals surface area contributed by atoms with Gasteiger partial charge < -0.3 is 0 Å². The minimum absolute atomic E-state index is 0.631. The standard InChI is InChI=1S/C4H6F4N2/c5-9(6)3-1-2-4-10(7)8/h1-2H,3-4H2/b2-1+. The lowest BCUT2D eigenvalue weighted by Gasteiger charge is -1.93. The van der Waals surface area contributed by atoms with Crippen LogP contribution < -0.4 is 0 Å². The van der Waals surface area contributed by atoms with Crippen LogP contribution in [0.25, 0.3) is 0 Å². The van der Waals surface area contributed by atoms with Gasteiger partial charge in [0, 0.05) is 10.7 Å². The van der Waals surface area contributed by atoms with E-state index in [1.54, 1.807) is 0 Å². The zero-order chi connectivity index (χ0) is 7.98. The molecule has 60 valence electrons. The largest absolute Gasteiger partial charge is 0.101 e. The fraction of sp³-hybridized carbons (Fsp3) is 0.500. The first-order valence-corrected chi connectivity index (χ1v) is 2.46. The van der Waals surface area contributed by atoms with Crippen molar-refractivity contribution in [3.63, 3.8) is 0 Å². The molecule has 0 rings (SSSR count). The first-order valence-electron chi connectivity index (χ1n) is 2.46. The van der Waals surface area contributed by atoms with Crippen molar-refractivity contribution in [3.8, 4) is 0 Å². The molecule has 0 aromatic rings. The summed E-state index contributed by atoms with van der Waals surface area (Å²) in [6, 6.07) is 0. The van der Waals surface area contributed by atoms with Gasteiger partial charge in [0.1, 0.15) is 0 Å². The van der Waals surface area contributed by atoms with Crippen molar-refractivity contribution in [2.75, 3.05) is 13.1 Å². The summed E-state index contributed by atoms with van der Waals surface area (Å²) in [5, 5.41) is -2.20. The summed E-state index contributed by atoms with van der Waals surface area (Å²) in [5.41, 5.74) is 0. The second-order valence-corrected chi connectivity index (χ2v) is 1.44. The fourth-order valence-electron chi connectivity index (χ4n) is 0.308. The zero-order valence-electron chi connectivity index (χ0n) is 4.98. The highest BCUT2D eigenvalue weighted by Gasteiger charge is 1.94. The maximum atomic E-state index is 11.1. The lowest BCUT2D eigenvalue weighted by Crippen LogP contribution is -2.02. The van der Waals surface area contributed by atoms with E-state index in [9.17, 15) is 17.9 Å². The highest BCUT2D eigenvalue weighted by molar-refractivity contribution is 4.83. The fourth-order valence-corrected chi connectivity index (χ4v) is 0.308. The molecule has 0 fully saturated rings. The Hall–Kier alpha value is -0.620. The molecule has 0 radical (unpaired) electrons. The summed E-state index contributed by atoms with van der Waals surface area (Å²) in [6.45, 7) is -1.26. The number of halogens is 4. The SMILES string of the molecule is FN(F)C/C=C/CN(F)F. The summed E-state index contributed by atoms with van der Waals surface area (Å²) in [4.78, 5) is 0. The van der Waals surface area contributed by atoms with Crippen LogP contribution in [0.15, 0.2) is 12.2 Å². The van der Waals surface area contributed by atoms with Crippen molar-refractivity contribution >= 4 is 0 Å². The molecule has 10 heavy (non-hydrogen) atoms. The molecule has 2 nitrogen and oxygen atoms in total. The van der Waals surface area contributed by atoms with Crippen LogP contribution in [-0.2, 0) is 0 Å².